The minimum absolute atomic E-state index is 0.0125. The van der Waals surface area contributed by atoms with E-state index in [1.54, 1.807) is 0 Å². The first-order chi connectivity index (χ1) is 17.6. The van der Waals surface area contributed by atoms with Crippen LogP contribution in [0.25, 0.3) is 27.4 Å². The summed E-state index contributed by atoms with van der Waals surface area (Å²) < 4.78 is 2.52. The molecule has 2 atom stereocenters. The molecule has 2 aromatic carbocycles. The van der Waals surface area contributed by atoms with E-state index in [9.17, 15) is 0 Å². The Morgan fingerprint density at radius 3 is 2.00 bits per heavy atom. The van der Waals surface area contributed by atoms with Gasteiger partial charge in [-0.15, -0.1) is 0 Å². The predicted octanol–water partition coefficient (Wildman–Crippen LogP) is 9.45. The predicted molar refractivity (Wildman–Crippen MR) is 158 cm³/mol. The Balaban J connectivity index is 1.47. The van der Waals surface area contributed by atoms with Crippen LogP contribution in [-0.2, 0) is 5.54 Å². The molecule has 0 amide bonds. The number of hydrogen-bond acceptors (Lipinski definition) is 0. The highest BCUT2D eigenvalue weighted by Crippen LogP contribution is 2.53. The molecule has 0 bridgehead atoms. The highest BCUT2D eigenvalue weighted by molar-refractivity contribution is 6.09. The van der Waals surface area contributed by atoms with Gasteiger partial charge in [-0.2, -0.15) is 0 Å². The van der Waals surface area contributed by atoms with Gasteiger partial charge in [0.05, 0.1) is 5.52 Å². The third kappa shape index (κ3) is 3.23. The quantitative estimate of drug-likeness (QED) is 0.326. The number of aromatic nitrogens is 1. The Morgan fingerprint density at radius 1 is 0.622 bits per heavy atom. The lowest BCUT2D eigenvalue weighted by molar-refractivity contribution is 0.423. The number of para-hydroxylation sites is 1. The van der Waals surface area contributed by atoms with E-state index in [1.807, 2.05) is 0 Å². The molecule has 0 saturated carbocycles. The van der Waals surface area contributed by atoms with Crippen LogP contribution in [-0.4, -0.2) is 4.57 Å². The number of nitrogens with zero attached hydrogens (tertiary/aromatic N) is 1. The molecule has 4 aliphatic rings. The average Bonchev–Trinajstić information content (AvgIpc) is 3.20. The van der Waals surface area contributed by atoms with Gasteiger partial charge in [0, 0.05) is 33.7 Å². The molecule has 7 rings (SSSR count). The summed E-state index contributed by atoms with van der Waals surface area (Å²) in [5.74, 6) is 0.787. The fraction of sp³-hybridized carbons (Fsp3) is 0.278. The third-order valence-electron chi connectivity index (χ3n) is 8.60. The van der Waals surface area contributed by atoms with Crippen LogP contribution < -0.4 is 0 Å². The zero-order valence-corrected chi connectivity index (χ0v) is 22.8. The van der Waals surface area contributed by atoms with E-state index in [0.717, 1.165) is 0 Å². The second-order valence-electron chi connectivity index (χ2n) is 13.0. The summed E-state index contributed by atoms with van der Waals surface area (Å²) in [5, 5.41) is 2.67. The Labute approximate surface area is 220 Å². The maximum Gasteiger partial charge on any atom is 0.0502 e. The average molecular weight is 482 g/mol. The van der Waals surface area contributed by atoms with Gasteiger partial charge >= 0.3 is 0 Å². The van der Waals surface area contributed by atoms with Crippen LogP contribution in [0.1, 0.15) is 47.1 Å². The SMILES string of the molecule is CC(C)(C)C1=C2C=CC3=C(c4ccc5c6ccccc6n(C(C)(C)C)c5c4)C=CC4=CC=C(C=C1)C2C43. The van der Waals surface area contributed by atoms with Gasteiger partial charge in [0.15, 0.2) is 0 Å². The van der Waals surface area contributed by atoms with E-state index in [4.69, 9.17) is 0 Å². The Morgan fingerprint density at radius 2 is 1.27 bits per heavy atom. The first-order valence-corrected chi connectivity index (χ1v) is 13.6. The molecule has 37 heavy (non-hydrogen) atoms. The maximum atomic E-state index is 2.52. The second-order valence-corrected chi connectivity index (χ2v) is 13.0. The molecule has 0 radical (unpaired) electrons. The van der Waals surface area contributed by atoms with Crippen molar-refractivity contribution in [1.82, 2.24) is 4.57 Å². The lowest BCUT2D eigenvalue weighted by atomic mass is 9.60. The largest absolute Gasteiger partial charge is 0.335 e. The molecule has 2 unspecified atom stereocenters. The third-order valence-corrected chi connectivity index (χ3v) is 8.60. The molecule has 1 heteroatoms. The molecule has 3 aromatic rings. The Kier molecular flexibility index (Phi) is 4.57. The first-order valence-electron chi connectivity index (χ1n) is 13.6. The summed E-state index contributed by atoms with van der Waals surface area (Å²) >= 11 is 0. The summed E-state index contributed by atoms with van der Waals surface area (Å²) in [4.78, 5) is 0. The van der Waals surface area contributed by atoms with E-state index >= 15 is 0 Å². The molecule has 1 heterocycles. The molecule has 0 N–H and O–H groups in total. The van der Waals surface area contributed by atoms with Crippen LogP contribution >= 0.6 is 0 Å². The number of hydrogen-bond donors (Lipinski definition) is 0. The van der Waals surface area contributed by atoms with Gasteiger partial charge in [0.1, 0.15) is 0 Å². The van der Waals surface area contributed by atoms with E-state index in [-0.39, 0.29) is 11.0 Å². The summed E-state index contributed by atoms with van der Waals surface area (Å²) in [6, 6.07) is 15.9. The number of allylic oxidation sites excluding steroid dienone is 14. The van der Waals surface area contributed by atoms with E-state index in [2.05, 4.69) is 137 Å². The van der Waals surface area contributed by atoms with Gasteiger partial charge in [-0.25, -0.2) is 0 Å². The topological polar surface area (TPSA) is 4.93 Å². The van der Waals surface area contributed by atoms with E-state index in [1.165, 1.54) is 60.8 Å². The number of fused-ring (bicyclic) bond motifs is 3. The lowest BCUT2D eigenvalue weighted by Crippen LogP contribution is -2.31. The molecule has 4 aliphatic carbocycles. The van der Waals surface area contributed by atoms with Gasteiger partial charge in [0.25, 0.3) is 0 Å². The number of rotatable bonds is 1. The van der Waals surface area contributed by atoms with Crippen molar-refractivity contribution in [3.8, 4) is 0 Å². The smallest absolute Gasteiger partial charge is 0.0502 e. The molecular weight excluding hydrogens is 446 g/mol. The molecular formula is C36H35N. The van der Waals surface area contributed by atoms with Crippen LogP contribution in [0, 0.1) is 17.3 Å². The van der Waals surface area contributed by atoms with Gasteiger partial charge in [0.2, 0.25) is 0 Å². The van der Waals surface area contributed by atoms with Gasteiger partial charge < -0.3 is 4.57 Å². The zero-order chi connectivity index (χ0) is 25.7. The Hall–Kier alpha value is -3.58. The van der Waals surface area contributed by atoms with Crippen molar-refractivity contribution in [2.75, 3.05) is 0 Å². The van der Waals surface area contributed by atoms with Crippen molar-refractivity contribution in [3.05, 3.63) is 125 Å². The standard InChI is InChI=1S/C36H35N/c1-35(2,3)30-20-15-23-12-11-22-13-16-25(28-18-19-29(30)34(23)33(22)28)24-14-17-27-26-9-7-8-10-31(26)37(32(27)21-24)36(4,5)6/h7-21,33-34H,1-6H3. The molecule has 0 aliphatic heterocycles. The summed E-state index contributed by atoms with van der Waals surface area (Å²) in [6.45, 7) is 13.9. The summed E-state index contributed by atoms with van der Waals surface area (Å²) in [7, 11) is 0. The second kappa shape index (κ2) is 7.48. The highest BCUT2D eigenvalue weighted by atomic mass is 15.0. The molecule has 0 saturated heterocycles. The van der Waals surface area contributed by atoms with Crippen molar-refractivity contribution < 1.29 is 0 Å². The zero-order valence-electron chi connectivity index (χ0n) is 22.8. The molecule has 184 valence electrons. The van der Waals surface area contributed by atoms with Crippen molar-refractivity contribution >= 4 is 27.4 Å². The molecule has 1 nitrogen and oxygen atoms in total. The molecule has 0 spiro atoms. The fourth-order valence-corrected chi connectivity index (χ4v) is 7.08. The molecule has 1 aromatic heterocycles. The van der Waals surface area contributed by atoms with Crippen LogP contribution in [0.3, 0.4) is 0 Å². The van der Waals surface area contributed by atoms with Crippen molar-refractivity contribution in [1.29, 1.82) is 0 Å². The van der Waals surface area contributed by atoms with E-state index in [0.29, 0.717) is 11.8 Å². The van der Waals surface area contributed by atoms with Crippen molar-refractivity contribution in [3.63, 3.8) is 0 Å². The number of benzene rings is 2. The Bertz CT molecular complexity index is 1720. The van der Waals surface area contributed by atoms with Gasteiger partial charge in [-0.05, 0) is 77.3 Å². The van der Waals surface area contributed by atoms with Gasteiger partial charge in [-0.1, -0.05) is 99.7 Å². The van der Waals surface area contributed by atoms with E-state index < -0.39 is 0 Å². The fourth-order valence-electron chi connectivity index (χ4n) is 7.08. The van der Waals surface area contributed by atoms with Gasteiger partial charge in [-0.3, -0.25) is 0 Å². The maximum absolute atomic E-state index is 2.52. The lowest BCUT2D eigenvalue weighted by Gasteiger charge is -2.43. The van der Waals surface area contributed by atoms with Crippen LogP contribution in [0.2, 0.25) is 0 Å². The van der Waals surface area contributed by atoms with Crippen molar-refractivity contribution in [2.45, 2.75) is 47.1 Å². The minimum Gasteiger partial charge on any atom is -0.335 e. The van der Waals surface area contributed by atoms with Crippen LogP contribution in [0.5, 0.6) is 0 Å². The summed E-state index contributed by atoms with van der Waals surface area (Å²) in [5.41, 5.74) is 12.7. The highest BCUT2D eigenvalue weighted by Gasteiger charge is 2.41. The monoisotopic (exact) mass is 481 g/mol. The first kappa shape index (κ1) is 22.6. The minimum atomic E-state index is -0.0125. The molecule has 0 fully saturated rings. The van der Waals surface area contributed by atoms with Crippen LogP contribution in [0.15, 0.2) is 119 Å². The normalized spacial score (nSPS) is 22.6. The van der Waals surface area contributed by atoms with Crippen LogP contribution in [0.4, 0.5) is 0 Å². The van der Waals surface area contributed by atoms with Crippen molar-refractivity contribution in [2.24, 2.45) is 17.3 Å². The summed E-state index contributed by atoms with van der Waals surface area (Å²) in [6.07, 6.45) is 19.0.